The van der Waals surface area contributed by atoms with Gasteiger partial charge in [0.1, 0.15) is 0 Å². The van der Waals surface area contributed by atoms with Crippen molar-refractivity contribution in [2.24, 2.45) is 0 Å². The van der Waals surface area contributed by atoms with Crippen molar-refractivity contribution in [3.8, 4) is 0 Å². The molecule has 0 aliphatic heterocycles. The molecule has 1 aliphatic carbocycles. The standard InChI is InChI=1S/C7H15NO/c1-8(2)6-4-3-5-7(6)9/h6-7,9H,3-5H2,1-2H3/t6-,7+/m1/s1. The molecule has 1 saturated carbocycles. The van der Waals surface area contributed by atoms with E-state index in [4.69, 9.17) is 0 Å². The maximum Gasteiger partial charge on any atom is 0.0695 e. The topological polar surface area (TPSA) is 23.5 Å². The molecule has 0 aromatic rings. The zero-order chi connectivity index (χ0) is 6.85. The number of hydrogen-bond donors (Lipinski definition) is 1. The van der Waals surface area contributed by atoms with E-state index in [1.165, 1.54) is 6.42 Å². The SMILES string of the molecule is CN(C)[C@@H]1CCC[C@@H]1O. The lowest BCUT2D eigenvalue weighted by atomic mass is 10.2. The van der Waals surface area contributed by atoms with Crippen LogP contribution in [0.4, 0.5) is 0 Å². The average Bonchev–Trinajstić information content (AvgIpc) is 2.13. The van der Waals surface area contributed by atoms with Gasteiger partial charge < -0.3 is 10.0 Å². The number of hydrogen-bond acceptors (Lipinski definition) is 2. The molecule has 0 amide bonds. The zero-order valence-corrected chi connectivity index (χ0v) is 6.17. The summed E-state index contributed by atoms with van der Waals surface area (Å²) in [6.45, 7) is 0. The molecular weight excluding hydrogens is 114 g/mol. The van der Waals surface area contributed by atoms with Crippen LogP contribution < -0.4 is 0 Å². The Hall–Kier alpha value is -0.0800. The van der Waals surface area contributed by atoms with Crippen LogP contribution in [0.15, 0.2) is 0 Å². The number of rotatable bonds is 1. The first-order valence-electron chi connectivity index (χ1n) is 3.56. The molecule has 1 fully saturated rings. The third-order valence-electron chi connectivity index (χ3n) is 2.11. The minimum absolute atomic E-state index is 0.0694. The maximum atomic E-state index is 9.32. The lowest BCUT2D eigenvalue weighted by molar-refractivity contribution is 0.100. The predicted molar refractivity (Wildman–Crippen MR) is 37.3 cm³/mol. The minimum Gasteiger partial charge on any atom is -0.391 e. The zero-order valence-electron chi connectivity index (χ0n) is 6.17. The highest BCUT2D eigenvalue weighted by Crippen LogP contribution is 2.21. The molecule has 0 aromatic heterocycles. The van der Waals surface area contributed by atoms with E-state index in [0.29, 0.717) is 6.04 Å². The first kappa shape index (κ1) is 7.03. The van der Waals surface area contributed by atoms with Crippen LogP contribution in [-0.4, -0.2) is 36.2 Å². The first-order chi connectivity index (χ1) is 4.22. The minimum atomic E-state index is -0.0694. The fourth-order valence-corrected chi connectivity index (χ4v) is 1.52. The second-order valence-electron chi connectivity index (χ2n) is 3.03. The smallest absolute Gasteiger partial charge is 0.0695 e. The van der Waals surface area contributed by atoms with E-state index >= 15 is 0 Å². The van der Waals surface area contributed by atoms with Gasteiger partial charge >= 0.3 is 0 Å². The van der Waals surface area contributed by atoms with Gasteiger partial charge in [0.15, 0.2) is 0 Å². The van der Waals surface area contributed by atoms with Crippen molar-refractivity contribution in [2.45, 2.75) is 31.4 Å². The van der Waals surface area contributed by atoms with Crippen LogP contribution in [0.5, 0.6) is 0 Å². The lowest BCUT2D eigenvalue weighted by Gasteiger charge is -2.21. The van der Waals surface area contributed by atoms with Crippen LogP contribution in [0.1, 0.15) is 19.3 Å². The van der Waals surface area contributed by atoms with E-state index in [0.717, 1.165) is 12.8 Å². The highest BCUT2D eigenvalue weighted by atomic mass is 16.3. The molecule has 54 valence electrons. The molecule has 0 saturated heterocycles. The van der Waals surface area contributed by atoms with Crippen LogP contribution in [0.3, 0.4) is 0 Å². The van der Waals surface area contributed by atoms with Gasteiger partial charge in [-0.05, 0) is 33.4 Å². The number of aliphatic hydroxyl groups excluding tert-OH is 1. The molecule has 0 aromatic carbocycles. The van der Waals surface area contributed by atoms with E-state index in [2.05, 4.69) is 4.90 Å². The summed E-state index contributed by atoms with van der Waals surface area (Å²) in [4.78, 5) is 2.11. The second kappa shape index (κ2) is 2.67. The summed E-state index contributed by atoms with van der Waals surface area (Å²) in [7, 11) is 4.05. The maximum absolute atomic E-state index is 9.32. The van der Waals surface area contributed by atoms with Crippen molar-refractivity contribution < 1.29 is 5.11 Å². The summed E-state index contributed by atoms with van der Waals surface area (Å²) in [6.07, 6.45) is 3.26. The molecule has 2 atom stereocenters. The molecule has 0 radical (unpaired) electrons. The lowest BCUT2D eigenvalue weighted by Crippen LogP contribution is -2.34. The second-order valence-corrected chi connectivity index (χ2v) is 3.03. The van der Waals surface area contributed by atoms with Gasteiger partial charge in [-0.25, -0.2) is 0 Å². The Balaban J connectivity index is 2.40. The van der Waals surface area contributed by atoms with Gasteiger partial charge in [0.25, 0.3) is 0 Å². The predicted octanol–water partition coefficient (Wildman–Crippen LogP) is 0.461. The first-order valence-corrected chi connectivity index (χ1v) is 3.56. The molecule has 1 rings (SSSR count). The van der Waals surface area contributed by atoms with E-state index < -0.39 is 0 Å². The Labute approximate surface area is 56.5 Å². The van der Waals surface area contributed by atoms with Crippen molar-refractivity contribution in [3.05, 3.63) is 0 Å². The third-order valence-corrected chi connectivity index (χ3v) is 2.11. The number of likely N-dealkylation sites (N-methyl/N-ethyl adjacent to an activating group) is 1. The Morgan fingerprint density at radius 2 is 2.00 bits per heavy atom. The molecule has 0 spiro atoms. The van der Waals surface area contributed by atoms with Crippen molar-refractivity contribution in [1.29, 1.82) is 0 Å². The van der Waals surface area contributed by atoms with Crippen LogP contribution in [0.25, 0.3) is 0 Å². The Morgan fingerprint density at radius 3 is 2.22 bits per heavy atom. The van der Waals surface area contributed by atoms with Crippen LogP contribution in [0, 0.1) is 0 Å². The largest absolute Gasteiger partial charge is 0.391 e. The monoisotopic (exact) mass is 129 g/mol. The average molecular weight is 129 g/mol. The summed E-state index contributed by atoms with van der Waals surface area (Å²) in [5, 5.41) is 9.32. The third kappa shape index (κ3) is 1.43. The van der Waals surface area contributed by atoms with Crippen LogP contribution in [-0.2, 0) is 0 Å². The quantitative estimate of drug-likeness (QED) is 0.556. The fraction of sp³-hybridized carbons (Fsp3) is 1.00. The summed E-state index contributed by atoms with van der Waals surface area (Å²) in [6, 6.07) is 0.421. The Kier molecular flexibility index (Phi) is 2.09. The summed E-state index contributed by atoms with van der Waals surface area (Å²) in [5.74, 6) is 0. The van der Waals surface area contributed by atoms with Gasteiger partial charge in [-0.3, -0.25) is 0 Å². The molecular formula is C7H15NO. The Bertz CT molecular complexity index is 92.9. The van der Waals surface area contributed by atoms with E-state index in [1.54, 1.807) is 0 Å². The van der Waals surface area contributed by atoms with E-state index in [1.807, 2.05) is 14.1 Å². The van der Waals surface area contributed by atoms with E-state index in [-0.39, 0.29) is 6.10 Å². The molecule has 1 N–H and O–H groups in total. The van der Waals surface area contributed by atoms with Gasteiger partial charge in [0.2, 0.25) is 0 Å². The molecule has 0 heterocycles. The molecule has 2 nitrogen and oxygen atoms in total. The van der Waals surface area contributed by atoms with Crippen molar-refractivity contribution in [2.75, 3.05) is 14.1 Å². The van der Waals surface area contributed by atoms with E-state index in [9.17, 15) is 5.11 Å². The highest BCUT2D eigenvalue weighted by Gasteiger charge is 2.26. The molecule has 9 heavy (non-hydrogen) atoms. The molecule has 0 unspecified atom stereocenters. The summed E-state index contributed by atoms with van der Waals surface area (Å²) >= 11 is 0. The van der Waals surface area contributed by atoms with Crippen molar-refractivity contribution in [1.82, 2.24) is 4.90 Å². The Morgan fingerprint density at radius 1 is 1.33 bits per heavy atom. The van der Waals surface area contributed by atoms with Crippen LogP contribution in [0.2, 0.25) is 0 Å². The van der Waals surface area contributed by atoms with Crippen molar-refractivity contribution in [3.63, 3.8) is 0 Å². The summed E-state index contributed by atoms with van der Waals surface area (Å²) in [5.41, 5.74) is 0. The van der Waals surface area contributed by atoms with Crippen LogP contribution >= 0.6 is 0 Å². The molecule has 2 heteroatoms. The van der Waals surface area contributed by atoms with Gasteiger partial charge in [-0.1, -0.05) is 0 Å². The molecule has 1 aliphatic rings. The van der Waals surface area contributed by atoms with Gasteiger partial charge in [0, 0.05) is 6.04 Å². The number of nitrogens with zero attached hydrogens (tertiary/aromatic N) is 1. The highest BCUT2D eigenvalue weighted by molar-refractivity contribution is 4.81. The number of aliphatic hydroxyl groups is 1. The summed E-state index contributed by atoms with van der Waals surface area (Å²) < 4.78 is 0. The molecule has 0 bridgehead atoms. The normalized spacial score (nSPS) is 36.0. The van der Waals surface area contributed by atoms with Crippen molar-refractivity contribution >= 4 is 0 Å². The van der Waals surface area contributed by atoms with Gasteiger partial charge in [-0.2, -0.15) is 0 Å². The fourth-order valence-electron chi connectivity index (χ4n) is 1.52. The van der Waals surface area contributed by atoms with Gasteiger partial charge in [-0.15, -0.1) is 0 Å². The van der Waals surface area contributed by atoms with Gasteiger partial charge in [0.05, 0.1) is 6.10 Å².